The van der Waals surface area contributed by atoms with Gasteiger partial charge in [0.2, 0.25) is 0 Å². The van der Waals surface area contributed by atoms with E-state index in [2.05, 4.69) is 10.3 Å². The van der Waals surface area contributed by atoms with E-state index in [9.17, 15) is 9.90 Å². The van der Waals surface area contributed by atoms with Crippen molar-refractivity contribution >= 4 is 34.9 Å². The van der Waals surface area contributed by atoms with Crippen molar-refractivity contribution in [3.8, 4) is 5.75 Å². The molecule has 0 radical (unpaired) electrons. The Morgan fingerprint density at radius 1 is 1.22 bits per heavy atom. The van der Waals surface area contributed by atoms with E-state index in [0.29, 0.717) is 5.82 Å². The molecule has 0 bridgehead atoms. The fourth-order valence-electron chi connectivity index (χ4n) is 1.35. The lowest BCUT2D eigenvalue weighted by Crippen LogP contribution is -2.13. The van der Waals surface area contributed by atoms with Crippen LogP contribution in [0.2, 0.25) is 10.2 Å². The van der Waals surface area contributed by atoms with Crippen molar-refractivity contribution in [3.05, 3.63) is 52.1 Å². The highest BCUT2D eigenvalue weighted by atomic mass is 35.5. The lowest BCUT2D eigenvalue weighted by Gasteiger charge is -2.06. The largest absolute Gasteiger partial charge is 0.508 e. The average molecular weight is 283 g/mol. The average Bonchev–Trinajstić information content (AvgIpc) is 2.32. The maximum absolute atomic E-state index is 11.9. The number of hydrogen-bond acceptors (Lipinski definition) is 3. The van der Waals surface area contributed by atoms with E-state index >= 15 is 0 Å². The summed E-state index contributed by atoms with van der Waals surface area (Å²) in [7, 11) is 0. The van der Waals surface area contributed by atoms with Crippen LogP contribution >= 0.6 is 23.2 Å². The minimum atomic E-state index is -0.467. The zero-order valence-corrected chi connectivity index (χ0v) is 10.5. The van der Waals surface area contributed by atoms with E-state index in [1.165, 1.54) is 18.2 Å². The summed E-state index contributed by atoms with van der Waals surface area (Å²) in [4.78, 5) is 15.8. The second-order valence-corrected chi connectivity index (χ2v) is 4.26. The maximum Gasteiger partial charge on any atom is 0.258 e. The second-order valence-electron chi connectivity index (χ2n) is 3.46. The van der Waals surface area contributed by atoms with Crippen LogP contribution in [0.25, 0.3) is 0 Å². The Morgan fingerprint density at radius 2 is 2.00 bits per heavy atom. The van der Waals surface area contributed by atoms with Crippen LogP contribution in [0, 0.1) is 0 Å². The normalized spacial score (nSPS) is 10.1. The van der Waals surface area contributed by atoms with Crippen molar-refractivity contribution < 1.29 is 9.90 Å². The summed E-state index contributed by atoms with van der Waals surface area (Å²) in [6, 6.07) is 8.98. The van der Waals surface area contributed by atoms with Crippen LogP contribution in [0.5, 0.6) is 5.75 Å². The monoisotopic (exact) mass is 282 g/mol. The van der Waals surface area contributed by atoms with E-state index < -0.39 is 5.91 Å². The number of anilines is 1. The Balaban J connectivity index is 2.24. The molecule has 2 N–H and O–H groups in total. The van der Waals surface area contributed by atoms with Gasteiger partial charge in [0.05, 0.1) is 10.6 Å². The molecule has 1 aromatic heterocycles. The number of halogens is 2. The number of rotatable bonds is 2. The molecule has 18 heavy (non-hydrogen) atoms. The fraction of sp³-hybridized carbons (Fsp3) is 0. The van der Waals surface area contributed by atoms with Gasteiger partial charge in [0.1, 0.15) is 16.7 Å². The smallest absolute Gasteiger partial charge is 0.258 e. The third-order valence-corrected chi connectivity index (χ3v) is 2.69. The third kappa shape index (κ3) is 2.91. The summed E-state index contributed by atoms with van der Waals surface area (Å²) in [6.07, 6.45) is 0. The van der Waals surface area contributed by atoms with Gasteiger partial charge < -0.3 is 10.4 Å². The Labute approximate surface area is 113 Å². The van der Waals surface area contributed by atoms with Gasteiger partial charge in [-0.3, -0.25) is 4.79 Å². The van der Waals surface area contributed by atoms with E-state index in [1.807, 2.05) is 0 Å². The number of amides is 1. The molecule has 0 fully saturated rings. The predicted octanol–water partition coefficient (Wildman–Crippen LogP) is 3.35. The van der Waals surface area contributed by atoms with Gasteiger partial charge in [0.15, 0.2) is 0 Å². The number of aromatic nitrogens is 1. The van der Waals surface area contributed by atoms with Gasteiger partial charge in [-0.1, -0.05) is 29.3 Å². The zero-order chi connectivity index (χ0) is 13.1. The van der Waals surface area contributed by atoms with Gasteiger partial charge in [-0.25, -0.2) is 4.98 Å². The van der Waals surface area contributed by atoms with Gasteiger partial charge >= 0.3 is 0 Å². The Hall–Kier alpha value is -1.78. The lowest BCUT2D eigenvalue weighted by molar-refractivity contribution is 0.102. The molecule has 0 aliphatic carbocycles. The molecular weight excluding hydrogens is 275 g/mol. The van der Waals surface area contributed by atoms with Crippen molar-refractivity contribution in [1.82, 2.24) is 4.98 Å². The standard InChI is InChI=1S/C12H8Cl2N2O2/c13-9-5-4-7(17)6-8(9)12(18)16-11-3-1-2-10(14)15-11/h1-6,17H,(H,15,16,18). The second kappa shape index (κ2) is 5.25. The van der Waals surface area contributed by atoms with E-state index in [-0.39, 0.29) is 21.5 Å². The summed E-state index contributed by atoms with van der Waals surface area (Å²) >= 11 is 11.6. The summed E-state index contributed by atoms with van der Waals surface area (Å²) < 4.78 is 0. The van der Waals surface area contributed by atoms with E-state index in [0.717, 1.165) is 0 Å². The van der Waals surface area contributed by atoms with Crippen LogP contribution in [-0.2, 0) is 0 Å². The first kappa shape index (κ1) is 12.7. The van der Waals surface area contributed by atoms with Crippen LogP contribution in [0.3, 0.4) is 0 Å². The van der Waals surface area contributed by atoms with Crippen LogP contribution in [0.1, 0.15) is 10.4 Å². The van der Waals surface area contributed by atoms with Crippen molar-refractivity contribution in [2.75, 3.05) is 5.32 Å². The number of phenols is 1. The van der Waals surface area contributed by atoms with Crippen LogP contribution in [0.15, 0.2) is 36.4 Å². The number of pyridine rings is 1. The molecule has 4 nitrogen and oxygen atoms in total. The van der Waals surface area contributed by atoms with Crippen LogP contribution < -0.4 is 5.32 Å². The first-order chi connectivity index (χ1) is 8.56. The minimum Gasteiger partial charge on any atom is -0.508 e. The Bertz CT molecular complexity index is 602. The number of aromatic hydroxyl groups is 1. The van der Waals surface area contributed by atoms with Gasteiger partial charge in [0, 0.05) is 0 Å². The Morgan fingerprint density at radius 3 is 2.72 bits per heavy atom. The van der Waals surface area contributed by atoms with E-state index in [1.54, 1.807) is 18.2 Å². The van der Waals surface area contributed by atoms with E-state index in [4.69, 9.17) is 23.2 Å². The molecule has 6 heteroatoms. The summed E-state index contributed by atoms with van der Waals surface area (Å²) in [5, 5.41) is 12.4. The summed E-state index contributed by atoms with van der Waals surface area (Å²) in [5.74, 6) is -0.193. The SMILES string of the molecule is O=C(Nc1cccc(Cl)n1)c1cc(O)ccc1Cl. The highest BCUT2D eigenvalue weighted by molar-refractivity contribution is 6.34. The predicted molar refractivity (Wildman–Crippen MR) is 70.3 cm³/mol. The molecule has 0 atom stereocenters. The number of nitrogens with zero attached hydrogens (tertiary/aromatic N) is 1. The topological polar surface area (TPSA) is 62.2 Å². The zero-order valence-electron chi connectivity index (χ0n) is 9.02. The fourth-order valence-corrected chi connectivity index (χ4v) is 1.72. The summed E-state index contributed by atoms with van der Waals surface area (Å²) in [5.41, 5.74) is 0.165. The highest BCUT2D eigenvalue weighted by Gasteiger charge is 2.12. The van der Waals surface area contributed by atoms with Crippen LogP contribution in [-0.4, -0.2) is 16.0 Å². The molecule has 1 heterocycles. The quantitative estimate of drug-likeness (QED) is 0.831. The number of carbonyl (C=O) groups is 1. The molecule has 1 aromatic carbocycles. The molecule has 0 unspecified atom stereocenters. The minimum absolute atomic E-state index is 0.0383. The van der Waals surface area contributed by atoms with Crippen molar-refractivity contribution in [2.45, 2.75) is 0 Å². The molecule has 0 saturated heterocycles. The van der Waals surface area contributed by atoms with Gasteiger partial charge in [-0.15, -0.1) is 0 Å². The first-order valence-corrected chi connectivity index (χ1v) is 5.74. The lowest BCUT2D eigenvalue weighted by atomic mass is 10.2. The van der Waals surface area contributed by atoms with Crippen molar-refractivity contribution in [3.63, 3.8) is 0 Å². The molecular formula is C12H8Cl2N2O2. The number of benzene rings is 1. The van der Waals surface area contributed by atoms with Crippen LogP contribution in [0.4, 0.5) is 5.82 Å². The number of carbonyl (C=O) groups excluding carboxylic acids is 1. The maximum atomic E-state index is 11.9. The molecule has 0 aliphatic rings. The molecule has 0 spiro atoms. The highest BCUT2D eigenvalue weighted by Crippen LogP contribution is 2.22. The Kier molecular flexibility index (Phi) is 3.69. The molecule has 0 aliphatic heterocycles. The summed E-state index contributed by atoms with van der Waals surface area (Å²) in [6.45, 7) is 0. The number of hydrogen-bond donors (Lipinski definition) is 2. The molecule has 2 aromatic rings. The molecule has 2 rings (SSSR count). The van der Waals surface area contributed by atoms with Gasteiger partial charge in [-0.2, -0.15) is 0 Å². The molecule has 92 valence electrons. The molecule has 0 saturated carbocycles. The number of phenolic OH excluding ortho intramolecular Hbond substituents is 1. The van der Waals surface area contributed by atoms with Crippen molar-refractivity contribution in [2.24, 2.45) is 0 Å². The van der Waals surface area contributed by atoms with Crippen molar-refractivity contribution in [1.29, 1.82) is 0 Å². The first-order valence-electron chi connectivity index (χ1n) is 4.98. The third-order valence-electron chi connectivity index (χ3n) is 2.15. The molecule has 1 amide bonds. The number of nitrogens with one attached hydrogen (secondary N) is 1. The van der Waals surface area contributed by atoms with Gasteiger partial charge in [-0.05, 0) is 30.3 Å². The van der Waals surface area contributed by atoms with Gasteiger partial charge in [0.25, 0.3) is 5.91 Å².